The van der Waals surface area contributed by atoms with Gasteiger partial charge in [-0.05, 0) is 18.6 Å². The van der Waals surface area contributed by atoms with Crippen LogP contribution in [-0.4, -0.2) is 20.2 Å². The number of hydrogen-bond acceptors (Lipinski definition) is 4. The van der Waals surface area contributed by atoms with Gasteiger partial charge in [0, 0.05) is 12.8 Å². The highest BCUT2D eigenvalue weighted by Crippen LogP contribution is 2.05. The molecular formula is C11H15N3O4S. The van der Waals surface area contributed by atoms with E-state index in [1.165, 1.54) is 12.1 Å². The molecule has 8 heteroatoms. The van der Waals surface area contributed by atoms with Gasteiger partial charge in [-0.1, -0.05) is 18.2 Å². The minimum absolute atomic E-state index is 0.0141. The highest BCUT2D eigenvalue weighted by molar-refractivity contribution is 7.89. The van der Waals surface area contributed by atoms with Gasteiger partial charge in [-0.2, -0.15) is 0 Å². The van der Waals surface area contributed by atoms with E-state index in [1.54, 1.807) is 18.2 Å². The summed E-state index contributed by atoms with van der Waals surface area (Å²) < 4.78 is 23.4. The Morgan fingerprint density at radius 2 is 1.74 bits per heavy atom. The van der Waals surface area contributed by atoms with Crippen molar-refractivity contribution in [2.24, 2.45) is 5.73 Å². The molecule has 0 aromatic heterocycles. The molecule has 0 heterocycles. The third-order valence-electron chi connectivity index (χ3n) is 2.21. The quantitative estimate of drug-likeness (QED) is 0.593. The Hall–Kier alpha value is -1.93. The second-order valence-electron chi connectivity index (χ2n) is 3.79. The van der Waals surface area contributed by atoms with Crippen LogP contribution in [0.1, 0.15) is 19.3 Å². The van der Waals surface area contributed by atoms with Gasteiger partial charge in [0.05, 0.1) is 4.90 Å². The van der Waals surface area contributed by atoms with E-state index in [2.05, 4.69) is 5.43 Å². The van der Waals surface area contributed by atoms with E-state index in [4.69, 9.17) is 5.73 Å². The van der Waals surface area contributed by atoms with Crippen LogP contribution in [0.3, 0.4) is 0 Å². The summed E-state index contributed by atoms with van der Waals surface area (Å²) in [5.41, 5.74) is 6.98. The molecule has 19 heavy (non-hydrogen) atoms. The van der Waals surface area contributed by atoms with Crippen molar-refractivity contribution in [1.29, 1.82) is 0 Å². The highest BCUT2D eigenvalue weighted by atomic mass is 32.2. The van der Waals surface area contributed by atoms with E-state index in [-0.39, 0.29) is 24.2 Å². The molecule has 7 nitrogen and oxygen atoms in total. The molecule has 104 valence electrons. The van der Waals surface area contributed by atoms with Gasteiger partial charge in [-0.3, -0.25) is 15.0 Å². The Labute approximate surface area is 111 Å². The van der Waals surface area contributed by atoms with Gasteiger partial charge in [-0.15, -0.1) is 4.83 Å². The number of nitrogens with one attached hydrogen (secondary N) is 2. The lowest BCUT2D eigenvalue weighted by atomic mass is 10.2. The van der Waals surface area contributed by atoms with Crippen molar-refractivity contribution in [1.82, 2.24) is 10.3 Å². The van der Waals surface area contributed by atoms with Crippen molar-refractivity contribution >= 4 is 21.8 Å². The first kappa shape index (κ1) is 15.1. The van der Waals surface area contributed by atoms with Crippen LogP contribution in [0.5, 0.6) is 0 Å². The smallest absolute Gasteiger partial charge is 0.257 e. The summed E-state index contributed by atoms with van der Waals surface area (Å²) in [6.07, 6.45) is 0.368. The molecule has 0 aliphatic heterocycles. The van der Waals surface area contributed by atoms with Crippen molar-refractivity contribution in [2.75, 3.05) is 0 Å². The minimum Gasteiger partial charge on any atom is -0.370 e. The van der Waals surface area contributed by atoms with Crippen LogP contribution in [0.15, 0.2) is 35.2 Å². The van der Waals surface area contributed by atoms with Crippen LogP contribution in [0.2, 0.25) is 0 Å². The van der Waals surface area contributed by atoms with Gasteiger partial charge < -0.3 is 5.73 Å². The summed E-state index contributed by atoms with van der Waals surface area (Å²) in [6, 6.07) is 7.64. The van der Waals surface area contributed by atoms with Crippen molar-refractivity contribution in [3.8, 4) is 0 Å². The molecule has 1 aromatic rings. The molecule has 0 aliphatic rings. The third kappa shape index (κ3) is 5.49. The zero-order valence-electron chi connectivity index (χ0n) is 10.1. The Bertz CT molecular complexity index is 542. The standard InChI is InChI=1S/C11H15N3O4S/c12-10(15)7-4-8-11(16)13-14-19(17,18)9-5-2-1-3-6-9/h1-3,5-6,14H,4,7-8H2,(H2,12,15)(H,13,16). The Balaban J connectivity index is 2.44. The Kier molecular flexibility index (Phi) is 5.46. The predicted octanol–water partition coefficient (Wildman–Crippen LogP) is -0.348. The number of rotatable bonds is 7. The largest absolute Gasteiger partial charge is 0.370 e. The minimum atomic E-state index is -3.77. The second kappa shape index (κ2) is 6.86. The molecule has 0 unspecified atom stereocenters. The third-order valence-corrected chi connectivity index (χ3v) is 3.47. The SMILES string of the molecule is NC(=O)CCCC(=O)NNS(=O)(=O)c1ccccc1. The van der Waals surface area contributed by atoms with Crippen molar-refractivity contribution in [2.45, 2.75) is 24.2 Å². The monoisotopic (exact) mass is 285 g/mol. The molecule has 0 fully saturated rings. The molecule has 0 spiro atoms. The average Bonchev–Trinajstić information content (AvgIpc) is 2.37. The van der Waals surface area contributed by atoms with Gasteiger partial charge >= 0.3 is 0 Å². The number of hydrazine groups is 1. The van der Waals surface area contributed by atoms with Gasteiger partial charge in [-0.25, -0.2) is 8.42 Å². The summed E-state index contributed by atoms with van der Waals surface area (Å²) in [5, 5.41) is 0. The van der Waals surface area contributed by atoms with Crippen LogP contribution in [0, 0.1) is 0 Å². The normalized spacial score (nSPS) is 10.9. The van der Waals surface area contributed by atoms with Crippen LogP contribution in [0.4, 0.5) is 0 Å². The molecule has 0 radical (unpaired) electrons. The molecule has 0 bridgehead atoms. The Morgan fingerprint density at radius 3 is 2.32 bits per heavy atom. The Morgan fingerprint density at radius 1 is 1.11 bits per heavy atom. The fraction of sp³-hybridized carbons (Fsp3) is 0.273. The number of sulfonamides is 1. The fourth-order valence-electron chi connectivity index (χ4n) is 1.27. The molecular weight excluding hydrogens is 270 g/mol. The van der Waals surface area contributed by atoms with Gasteiger partial charge in [0.25, 0.3) is 10.0 Å². The molecule has 2 amide bonds. The number of nitrogens with two attached hydrogens (primary N) is 1. The molecule has 4 N–H and O–H groups in total. The average molecular weight is 285 g/mol. The van der Waals surface area contributed by atoms with Gasteiger partial charge in [0.2, 0.25) is 11.8 Å². The summed E-state index contributed by atoms with van der Waals surface area (Å²) in [4.78, 5) is 23.8. The first-order valence-corrected chi connectivity index (χ1v) is 7.04. The van der Waals surface area contributed by atoms with Crippen LogP contribution < -0.4 is 16.0 Å². The van der Waals surface area contributed by atoms with E-state index in [1.807, 2.05) is 4.83 Å². The maximum Gasteiger partial charge on any atom is 0.257 e. The molecule has 0 saturated carbocycles. The second-order valence-corrected chi connectivity index (χ2v) is 5.47. The van der Waals surface area contributed by atoms with E-state index in [0.29, 0.717) is 0 Å². The van der Waals surface area contributed by atoms with Crippen LogP contribution >= 0.6 is 0 Å². The lowest BCUT2D eigenvalue weighted by molar-refractivity contribution is -0.122. The van der Waals surface area contributed by atoms with Crippen LogP contribution in [0.25, 0.3) is 0 Å². The topological polar surface area (TPSA) is 118 Å². The maximum absolute atomic E-state index is 11.7. The van der Waals surface area contributed by atoms with Crippen molar-refractivity contribution in [3.05, 3.63) is 30.3 Å². The molecule has 1 aromatic carbocycles. The number of benzene rings is 1. The van der Waals surface area contributed by atoms with Gasteiger partial charge in [0.1, 0.15) is 0 Å². The molecule has 0 saturated heterocycles. The number of carbonyl (C=O) groups excluding carboxylic acids is 2. The molecule has 1 rings (SSSR count). The zero-order valence-corrected chi connectivity index (χ0v) is 10.9. The van der Waals surface area contributed by atoms with E-state index in [0.717, 1.165) is 0 Å². The number of amides is 2. The van der Waals surface area contributed by atoms with Crippen LogP contribution in [-0.2, 0) is 19.6 Å². The lowest BCUT2D eigenvalue weighted by Gasteiger charge is -2.07. The van der Waals surface area contributed by atoms with E-state index < -0.39 is 21.8 Å². The maximum atomic E-state index is 11.7. The predicted molar refractivity (Wildman–Crippen MR) is 68.0 cm³/mol. The fourth-order valence-corrected chi connectivity index (χ4v) is 2.15. The number of primary amides is 1. The summed E-state index contributed by atoms with van der Waals surface area (Å²) in [6.45, 7) is 0. The number of hydrogen-bond donors (Lipinski definition) is 3. The first-order chi connectivity index (χ1) is 8.92. The first-order valence-electron chi connectivity index (χ1n) is 5.56. The van der Waals surface area contributed by atoms with Crippen molar-refractivity contribution in [3.63, 3.8) is 0 Å². The lowest BCUT2D eigenvalue weighted by Crippen LogP contribution is -2.41. The van der Waals surface area contributed by atoms with Crippen molar-refractivity contribution < 1.29 is 18.0 Å². The zero-order chi connectivity index (χ0) is 14.3. The number of carbonyl (C=O) groups is 2. The van der Waals surface area contributed by atoms with E-state index >= 15 is 0 Å². The summed E-state index contributed by atoms with van der Waals surface area (Å²) in [7, 11) is -3.77. The van der Waals surface area contributed by atoms with E-state index in [9.17, 15) is 18.0 Å². The summed E-state index contributed by atoms with van der Waals surface area (Å²) in [5.74, 6) is -1.03. The molecule has 0 aliphatic carbocycles. The molecule has 0 atom stereocenters. The highest BCUT2D eigenvalue weighted by Gasteiger charge is 2.14. The summed E-state index contributed by atoms with van der Waals surface area (Å²) >= 11 is 0. The van der Waals surface area contributed by atoms with Gasteiger partial charge in [0.15, 0.2) is 0 Å².